The van der Waals surface area contributed by atoms with E-state index in [9.17, 15) is 4.39 Å². The van der Waals surface area contributed by atoms with Crippen LogP contribution >= 0.6 is 0 Å². The van der Waals surface area contributed by atoms with E-state index >= 15 is 0 Å². The topological polar surface area (TPSA) is 12.0 Å². The number of piperidine rings is 1. The largest absolute Gasteiger partial charge is 0.316 e. The van der Waals surface area contributed by atoms with E-state index < -0.39 is 0 Å². The summed E-state index contributed by atoms with van der Waals surface area (Å²) in [6.07, 6.45) is 5.23. The van der Waals surface area contributed by atoms with Crippen molar-refractivity contribution in [2.45, 2.75) is 45.4 Å². The molecule has 2 fully saturated rings. The highest BCUT2D eigenvalue weighted by molar-refractivity contribution is 5.25. The fourth-order valence-corrected chi connectivity index (χ4v) is 4.76. The Morgan fingerprint density at radius 2 is 2.10 bits per heavy atom. The molecule has 1 heterocycles. The minimum Gasteiger partial charge on any atom is -0.316 e. The van der Waals surface area contributed by atoms with Crippen LogP contribution < -0.4 is 5.32 Å². The predicted molar refractivity (Wildman–Crippen MR) is 81.2 cm³/mol. The van der Waals surface area contributed by atoms with Crippen LogP contribution in [-0.2, 0) is 0 Å². The Bertz CT molecular complexity index is 468. The van der Waals surface area contributed by atoms with E-state index in [-0.39, 0.29) is 5.82 Å². The lowest BCUT2D eigenvalue weighted by molar-refractivity contribution is 0.00895. The highest BCUT2D eigenvalue weighted by Crippen LogP contribution is 2.55. The smallest absolute Gasteiger partial charge is 0.123 e. The fourth-order valence-electron chi connectivity index (χ4n) is 4.76. The molecule has 2 aliphatic rings. The van der Waals surface area contributed by atoms with Crippen molar-refractivity contribution < 1.29 is 4.39 Å². The summed E-state index contributed by atoms with van der Waals surface area (Å²) in [6.45, 7) is 6.95. The van der Waals surface area contributed by atoms with Gasteiger partial charge in [0.15, 0.2) is 0 Å². The van der Waals surface area contributed by atoms with Crippen molar-refractivity contribution in [3.8, 4) is 0 Å². The van der Waals surface area contributed by atoms with E-state index in [2.05, 4.69) is 25.2 Å². The molecule has 0 amide bonds. The van der Waals surface area contributed by atoms with Gasteiger partial charge in [0, 0.05) is 12.5 Å². The average Bonchev–Trinajstić information content (AvgIpc) is 2.45. The zero-order valence-electron chi connectivity index (χ0n) is 12.7. The molecule has 20 heavy (non-hydrogen) atoms. The molecule has 0 aromatic heterocycles. The molecule has 1 nitrogen and oxygen atoms in total. The highest BCUT2D eigenvalue weighted by atomic mass is 19.1. The summed E-state index contributed by atoms with van der Waals surface area (Å²) in [6, 6.07) is 7.29. The number of benzene rings is 1. The SMILES string of the molecule is CC1CCCC2(CCNCC2c2cccc(F)c2)C1C. The number of hydrogen-bond acceptors (Lipinski definition) is 1. The first-order valence-corrected chi connectivity index (χ1v) is 8.10. The molecule has 0 radical (unpaired) electrons. The molecule has 1 N–H and O–H groups in total. The molecule has 4 atom stereocenters. The molecule has 1 aliphatic heterocycles. The third-order valence-electron chi connectivity index (χ3n) is 6.12. The van der Waals surface area contributed by atoms with Crippen molar-refractivity contribution in [3.05, 3.63) is 35.6 Å². The molecule has 2 heteroatoms. The first-order chi connectivity index (χ1) is 9.63. The molecule has 0 bridgehead atoms. The quantitative estimate of drug-likeness (QED) is 0.803. The average molecular weight is 275 g/mol. The summed E-state index contributed by atoms with van der Waals surface area (Å²) in [5.74, 6) is 1.88. The number of rotatable bonds is 1. The van der Waals surface area contributed by atoms with E-state index in [0.29, 0.717) is 11.3 Å². The van der Waals surface area contributed by atoms with Gasteiger partial charge in [-0.1, -0.05) is 38.8 Å². The van der Waals surface area contributed by atoms with Gasteiger partial charge in [0.05, 0.1) is 0 Å². The van der Waals surface area contributed by atoms with Gasteiger partial charge < -0.3 is 5.32 Å². The highest BCUT2D eigenvalue weighted by Gasteiger charge is 2.48. The van der Waals surface area contributed by atoms with Crippen molar-refractivity contribution in [1.29, 1.82) is 0 Å². The molecule has 1 spiro atoms. The van der Waals surface area contributed by atoms with Crippen LogP contribution in [-0.4, -0.2) is 13.1 Å². The lowest BCUT2D eigenvalue weighted by Gasteiger charge is -2.53. The Balaban J connectivity index is 1.98. The van der Waals surface area contributed by atoms with Gasteiger partial charge >= 0.3 is 0 Å². The van der Waals surface area contributed by atoms with E-state index in [0.717, 1.165) is 24.9 Å². The minimum absolute atomic E-state index is 0.0975. The second-order valence-corrected chi connectivity index (χ2v) is 6.95. The van der Waals surface area contributed by atoms with Crippen LogP contribution in [0, 0.1) is 23.1 Å². The maximum Gasteiger partial charge on any atom is 0.123 e. The molecule has 110 valence electrons. The summed E-state index contributed by atoms with van der Waals surface area (Å²) in [5.41, 5.74) is 1.56. The third kappa shape index (κ3) is 2.28. The van der Waals surface area contributed by atoms with Gasteiger partial charge in [-0.25, -0.2) is 4.39 Å². The Hall–Kier alpha value is -0.890. The predicted octanol–water partition coefficient (Wildman–Crippen LogP) is 4.35. The van der Waals surface area contributed by atoms with Crippen LogP contribution in [0.25, 0.3) is 0 Å². The van der Waals surface area contributed by atoms with Gasteiger partial charge in [0.1, 0.15) is 5.82 Å². The molecular formula is C18H26FN. The Morgan fingerprint density at radius 3 is 2.90 bits per heavy atom. The van der Waals surface area contributed by atoms with Crippen LogP contribution in [0.3, 0.4) is 0 Å². The van der Waals surface area contributed by atoms with Crippen LogP contribution in [0.5, 0.6) is 0 Å². The van der Waals surface area contributed by atoms with Gasteiger partial charge in [0.2, 0.25) is 0 Å². The van der Waals surface area contributed by atoms with Crippen molar-refractivity contribution in [1.82, 2.24) is 5.32 Å². The van der Waals surface area contributed by atoms with Crippen molar-refractivity contribution in [3.63, 3.8) is 0 Å². The first kappa shape index (κ1) is 14.1. The van der Waals surface area contributed by atoms with E-state index in [1.807, 2.05) is 6.07 Å². The van der Waals surface area contributed by atoms with Gasteiger partial charge in [-0.05, 0) is 54.3 Å². The molecule has 1 aromatic carbocycles. The monoisotopic (exact) mass is 275 g/mol. The van der Waals surface area contributed by atoms with Gasteiger partial charge in [-0.15, -0.1) is 0 Å². The second kappa shape index (κ2) is 5.48. The number of hydrogen-bond donors (Lipinski definition) is 1. The standard InChI is InChI=1S/C18H26FN/c1-13-5-4-8-18(14(13)2)9-10-20-12-17(18)15-6-3-7-16(19)11-15/h3,6-7,11,13-14,17,20H,4-5,8-10,12H2,1-2H3. The summed E-state index contributed by atoms with van der Waals surface area (Å²) < 4.78 is 13.6. The minimum atomic E-state index is -0.0975. The zero-order chi connectivity index (χ0) is 14.2. The second-order valence-electron chi connectivity index (χ2n) is 6.95. The van der Waals surface area contributed by atoms with Gasteiger partial charge in [0.25, 0.3) is 0 Å². The number of halogens is 1. The molecule has 1 aliphatic carbocycles. The van der Waals surface area contributed by atoms with Crippen LogP contribution in [0.4, 0.5) is 4.39 Å². The molecule has 1 saturated heterocycles. The lowest BCUT2D eigenvalue weighted by Crippen LogP contribution is -2.50. The van der Waals surface area contributed by atoms with E-state index in [1.54, 1.807) is 12.1 Å². The van der Waals surface area contributed by atoms with Crippen LogP contribution in [0.15, 0.2) is 24.3 Å². The number of nitrogens with one attached hydrogen (secondary N) is 1. The Kier molecular flexibility index (Phi) is 3.85. The Morgan fingerprint density at radius 1 is 1.25 bits per heavy atom. The molecular weight excluding hydrogens is 249 g/mol. The molecule has 1 aromatic rings. The maximum atomic E-state index is 13.6. The van der Waals surface area contributed by atoms with E-state index in [1.165, 1.54) is 31.2 Å². The van der Waals surface area contributed by atoms with Crippen molar-refractivity contribution >= 4 is 0 Å². The first-order valence-electron chi connectivity index (χ1n) is 8.10. The molecule has 1 saturated carbocycles. The zero-order valence-corrected chi connectivity index (χ0v) is 12.7. The Labute approximate surface area is 122 Å². The summed E-state index contributed by atoms with van der Waals surface area (Å²) in [7, 11) is 0. The van der Waals surface area contributed by atoms with Crippen molar-refractivity contribution in [2.75, 3.05) is 13.1 Å². The van der Waals surface area contributed by atoms with Crippen molar-refractivity contribution in [2.24, 2.45) is 17.3 Å². The summed E-state index contributed by atoms with van der Waals surface area (Å²) in [4.78, 5) is 0. The lowest BCUT2D eigenvalue weighted by atomic mass is 9.53. The fraction of sp³-hybridized carbons (Fsp3) is 0.667. The third-order valence-corrected chi connectivity index (χ3v) is 6.12. The van der Waals surface area contributed by atoms with E-state index in [4.69, 9.17) is 0 Å². The maximum absolute atomic E-state index is 13.6. The summed E-state index contributed by atoms with van der Waals surface area (Å²) >= 11 is 0. The van der Waals surface area contributed by atoms with Gasteiger partial charge in [-0.2, -0.15) is 0 Å². The molecule has 4 unspecified atom stereocenters. The normalized spacial score (nSPS) is 38.0. The molecule has 3 rings (SSSR count). The van der Waals surface area contributed by atoms with Crippen LogP contribution in [0.1, 0.15) is 51.0 Å². The summed E-state index contributed by atoms with van der Waals surface area (Å²) in [5, 5.41) is 3.54. The van der Waals surface area contributed by atoms with Crippen LogP contribution in [0.2, 0.25) is 0 Å². The van der Waals surface area contributed by atoms with Gasteiger partial charge in [-0.3, -0.25) is 0 Å².